The van der Waals surface area contributed by atoms with E-state index < -0.39 is 18.9 Å². The van der Waals surface area contributed by atoms with Gasteiger partial charge in [0.15, 0.2) is 0 Å². The van der Waals surface area contributed by atoms with Crippen molar-refractivity contribution in [1.82, 2.24) is 0 Å². The van der Waals surface area contributed by atoms with Gasteiger partial charge >= 0.3 is 46.9 Å². The molecule has 0 saturated carbocycles. The van der Waals surface area contributed by atoms with Gasteiger partial charge in [-0.15, -0.1) is 0 Å². The molecule has 0 N–H and O–H groups in total. The summed E-state index contributed by atoms with van der Waals surface area (Å²) in [6.45, 7) is 4.33. The van der Waals surface area contributed by atoms with Gasteiger partial charge in [-0.2, -0.15) is 0 Å². The minimum Gasteiger partial charge on any atom is -0.831 e. The normalized spacial score (nSPS) is 14.1. The molecule has 0 aliphatic carbocycles. The van der Waals surface area contributed by atoms with Crippen molar-refractivity contribution in [2.45, 2.75) is 39.6 Å². The predicted octanol–water partition coefficient (Wildman–Crippen LogP) is -1.98. The summed E-state index contributed by atoms with van der Waals surface area (Å²) in [6, 6.07) is 0. The second kappa shape index (κ2) is 21.6. The molecule has 0 aliphatic heterocycles. The SMILES string of the molecule is COC(C)[O-].COC(C)[O-].COC(C)[O-].[Yb+3]. The van der Waals surface area contributed by atoms with Gasteiger partial charge in [0.05, 0.1) is 0 Å². The maximum atomic E-state index is 9.67. The van der Waals surface area contributed by atoms with Crippen LogP contribution < -0.4 is 15.3 Å². The van der Waals surface area contributed by atoms with Crippen LogP contribution in [0.15, 0.2) is 0 Å². The summed E-state index contributed by atoms with van der Waals surface area (Å²) < 4.78 is 12.6. The number of hydrogen-bond donors (Lipinski definition) is 0. The monoisotopic (exact) mass is 399 g/mol. The maximum Gasteiger partial charge on any atom is 3.00 e. The van der Waals surface area contributed by atoms with E-state index in [1.54, 1.807) is 0 Å². The summed E-state index contributed by atoms with van der Waals surface area (Å²) in [7, 11) is 4.16. The second-order valence-corrected chi connectivity index (χ2v) is 2.41. The molecular formula is C9H21O6Yb. The topological polar surface area (TPSA) is 96.9 Å². The van der Waals surface area contributed by atoms with Crippen LogP contribution in [0.4, 0.5) is 0 Å². The Labute approximate surface area is 136 Å². The fourth-order valence-corrected chi connectivity index (χ4v) is 0. The van der Waals surface area contributed by atoms with Crippen LogP contribution in [-0.4, -0.2) is 40.2 Å². The first-order valence-electron chi connectivity index (χ1n) is 4.37. The Hall–Kier alpha value is 1.28. The van der Waals surface area contributed by atoms with Crippen molar-refractivity contribution >= 4 is 0 Å². The molecule has 0 fully saturated rings. The zero-order valence-corrected chi connectivity index (χ0v) is 12.2. The molecule has 0 bridgehead atoms. The molecule has 1 radical (unpaired) electrons. The number of rotatable bonds is 3. The third kappa shape index (κ3) is 58.8. The molecule has 0 aromatic carbocycles. The molecule has 0 aromatic rings. The molecule has 107 valence electrons. The third-order valence-electron chi connectivity index (χ3n) is 0.996. The van der Waals surface area contributed by atoms with Crippen LogP contribution >= 0.6 is 0 Å². The van der Waals surface area contributed by atoms with Gasteiger partial charge in [-0.05, 0) is 18.9 Å². The maximum absolute atomic E-state index is 9.67. The van der Waals surface area contributed by atoms with Gasteiger partial charge in [-0.25, -0.2) is 0 Å². The first-order chi connectivity index (χ1) is 6.81. The molecule has 0 aliphatic rings. The van der Waals surface area contributed by atoms with E-state index in [4.69, 9.17) is 0 Å². The van der Waals surface area contributed by atoms with E-state index >= 15 is 0 Å². The van der Waals surface area contributed by atoms with Crippen molar-refractivity contribution in [2.75, 3.05) is 21.3 Å². The van der Waals surface area contributed by atoms with E-state index in [0.29, 0.717) is 0 Å². The Bertz CT molecular complexity index is 81.0. The largest absolute Gasteiger partial charge is 3.00 e. The van der Waals surface area contributed by atoms with Crippen molar-refractivity contribution in [2.24, 2.45) is 0 Å². The van der Waals surface area contributed by atoms with Gasteiger partial charge in [0, 0.05) is 21.3 Å². The van der Waals surface area contributed by atoms with Crippen LogP contribution in [0, 0.1) is 46.9 Å². The van der Waals surface area contributed by atoms with Gasteiger partial charge in [0.1, 0.15) is 0 Å². The van der Waals surface area contributed by atoms with Crippen LogP contribution in [0.1, 0.15) is 20.8 Å². The minimum atomic E-state index is -0.866. The summed E-state index contributed by atoms with van der Waals surface area (Å²) in [5.41, 5.74) is 0. The minimum absolute atomic E-state index is 0. The van der Waals surface area contributed by atoms with E-state index in [9.17, 15) is 15.3 Å². The Morgan fingerprint density at radius 1 is 0.625 bits per heavy atom. The van der Waals surface area contributed by atoms with Crippen LogP contribution in [0.25, 0.3) is 0 Å². The molecule has 0 saturated heterocycles. The molecule has 0 spiro atoms. The van der Waals surface area contributed by atoms with E-state index in [-0.39, 0.29) is 46.9 Å². The average molecular weight is 398 g/mol. The van der Waals surface area contributed by atoms with Crippen molar-refractivity contribution in [3.05, 3.63) is 0 Å². The van der Waals surface area contributed by atoms with Gasteiger partial charge in [0.25, 0.3) is 0 Å². The molecule has 0 amide bonds. The first-order valence-corrected chi connectivity index (χ1v) is 4.37. The van der Waals surface area contributed by atoms with Crippen LogP contribution in [0.5, 0.6) is 0 Å². The standard InChI is InChI=1S/3C3H7O2.Yb/c3*1-3(4)5-2;/h3*3H,1-2H3;/q3*-1;+3. The molecule has 0 rings (SSSR count). The molecule has 3 unspecified atom stereocenters. The van der Waals surface area contributed by atoms with E-state index in [0.717, 1.165) is 0 Å². The van der Waals surface area contributed by atoms with Gasteiger partial charge in [-0.3, -0.25) is 0 Å². The smallest absolute Gasteiger partial charge is 0.831 e. The number of hydrogen-bond acceptors (Lipinski definition) is 6. The predicted molar refractivity (Wildman–Crippen MR) is 49.4 cm³/mol. The molecular weight excluding hydrogens is 377 g/mol. The van der Waals surface area contributed by atoms with Gasteiger partial charge in [-0.1, -0.05) is 20.8 Å². The fraction of sp³-hybridized carbons (Fsp3) is 1.00. The Morgan fingerprint density at radius 2 is 0.688 bits per heavy atom. The molecule has 7 heteroatoms. The molecule has 16 heavy (non-hydrogen) atoms. The molecule has 3 atom stereocenters. The Kier molecular flexibility index (Phi) is 35.0. The first kappa shape index (κ1) is 26.0. The van der Waals surface area contributed by atoms with Crippen LogP contribution in [0.2, 0.25) is 0 Å². The summed E-state index contributed by atoms with van der Waals surface area (Å²) >= 11 is 0. The van der Waals surface area contributed by atoms with Gasteiger partial charge < -0.3 is 29.5 Å². The molecule has 0 aromatic heterocycles. The van der Waals surface area contributed by atoms with Gasteiger partial charge in [0.2, 0.25) is 0 Å². The Morgan fingerprint density at radius 3 is 0.688 bits per heavy atom. The van der Waals surface area contributed by atoms with Crippen molar-refractivity contribution in [3.8, 4) is 0 Å². The van der Waals surface area contributed by atoms with Crippen molar-refractivity contribution < 1.29 is 76.5 Å². The van der Waals surface area contributed by atoms with Crippen LogP contribution in [0.3, 0.4) is 0 Å². The number of ether oxygens (including phenoxy) is 3. The summed E-state index contributed by atoms with van der Waals surface area (Å²) in [6.07, 6.45) is -2.60. The van der Waals surface area contributed by atoms with E-state index in [1.165, 1.54) is 42.1 Å². The zero-order chi connectivity index (χ0) is 12.9. The third-order valence-corrected chi connectivity index (χ3v) is 0.996. The van der Waals surface area contributed by atoms with Crippen molar-refractivity contribution in [1.29, 1.82) is 0 Å². The summed E-state index contributed by atoms with van der Waals surface area (Å²) in [4.78, 5) is 0. The second-order valence-electron chi connectivity index (χ2n) is 2.41. The van der Waals surface area contributed by atoms with E-state index in [1.807, 2.05) is 0 Å². The Balaban J connectivity index is -0.0000000655. The zero-order valence-electron chi connectivity index (χ0n) is 10.4. The van der Waals surface area contributed by atoms with Crippen LogP contribution in [-0.2, 0) is 14.2 Å². The molecule has 6 nitrogen and oxygen atoms in total. The quantitative estimate of drug-likeness (QED) is 0.511. The summed E-state index contributed by atoms with van der Waals surface area (Å²) in [5, 5.41) is 29.0. The summed E-state index contributed by atoms with van der Waals surface area (Å²) in [5.74, 6) is 0. The average Bonchev–Trinajstić information content (AvgIpc) is 2.19. The number of methoxy groups -OCH3 is 3. The molecule has 0 heterocycles. The van der Waals surface area contributed by atoms with Crippen molar-refractivity contribution in [3.63, 3.8) is 0 Å². The fourth-order valence-electron chi connectivity index (χ4n) is 0. The van der Waals surface area contributed by atoms with E-state index in [2.05, 4.69) is 14.2 Å².